The van der Waals surface area contributed by atoms with E-state index in [0.717, 1.165) is 25.9 Å². The lowest BCUT2D eigenvalue weighted by Gasteiger charge is -2.37. The van der Waals surface area contributed by atoms with Crippen molar-refractivity contribution in [1.29, 1.82) is 0 Å². The second-order valence-electron chi connectivity index (χ2n) is 6.84. The standard InChI is InChI=1S/C16H29N3O3/c1-12-9-19(10-13(2)22-12)15(20)11-18-7-5-14(6-8-18)16(21)17(3)4/h12-14H,5-11H2,1-4H3. The average molecular weight is 311 g/mol. The average Bonchev–Trinajstić information content (AvgIpc) is 2.46. The fraction of sp³-hybridized carbons (Fsp3) is 0.875. The molecule has 6 nitrogen and oxygen atoms in total. The molecule has 0 bridgehead atoms. The Morgan fingerprint density at radius 1 is 1.09 bits per heavy atom. The van der Waals surface area contributed by atoms with Gasteiger partial charge in [-0.05, 0) is 39.8 Å². The third-order valence-corrected chi connectivity index (χ3v) is 4.51. The van der Waals surface area contributed by atoms with E-state index in [9.17, 15) is 9.59 Å². The first-order valence-corrected chi connectivity index (χ1v) is 8.23. The first-order valence-electron chi connectivity index (χ1n) is 8.23. The second-order valence-corrected chi connectivity index (χ2v) is 6.84. The largest absolute Gasteiger partial charge is 0.372 e. The van der Waals surface area contributed by atoms with Gasteiger partial charge >= 0.3 is 0 Å². The van der Waals surface area contributed by atoms with Crippen LogP contribution in [0.25, 0.3) is 0 Å². The van der Waals surface area contributed by atoms with Gasteiger partial charge in [-0.25, -0.2) is 0 Å². The lowest BCUT2D eigenvalue weighted by atomic mass is 9.95. The number of likely N-dealkylation sites (tertiary alicyclic amines) is 1. The van der Waals surface area contributed by atoms with Crippen LogP contribution in [0.4, 0.5) is 0 Å². The van der Waals surface area contributed by atoms with Crippen LogP contribution in [0.5, 0.6) is 0 Å². The molecule has 22 heavy (non-hydrogen) atoms. The first-order chi connectivity index (χ1) is 10.4. The zero-order valence-corrected chi connectivity index (χ0v) is 14.2. The summed E-state index contributed by atoms with van der Waals surface area (Å²) >= 11 is 0. The van der Waals surface area contributed by atoms with E-state index in [4.69, 9.17) is 4.74 Å². The molecule has 2 heterocycles. The van der Waals surface area contributed by atoms with Gasteiger partial charge in [0.2, 0.25) is 11.8 Å². The predicted molar refractivity (Wildman–Crippen MR) is 84.4 cm³/mol. The third-order valence-electron chi connectivity index (χ3n) is 4.51. The maximum Gasteiger partial charge on any atom is 0.236 e. The molecule has 0 aliphatic carbocycles. The lowest BCUT2D eigenvalue weighted by molar-refractivity contribution is -0.144. The molecule has 0 spiro atoms. The SMILES string of the molecule is CC1CN(C(=O)CN2CCC(C(=O)N(C)C)CC2)CC(C)O1. The van der Waals surface area contributed by atoms with Crippen LogP contribution in [0.3, 0.4) is 0 Å². The van der Waals surface area contributed by atoms with Crippen LogP contribution in [0.15, 0.2) is 0 Å². The van der Waals surface area contributed by atoms with E-state index in [1.54, 1.807) is 19.0 Å². The Morgan fingerprint density at radius 2 is 1.64 bits per heavy atom. The van der Waals surface area contributed by atoms with Gasteiger partial charge in [0.15, 0.2) is 0 Å². The van der Waals surface area contributed by atoms with Gasteiger partial charge in [-0.1, -0.05) is 0 Å². The maximum absolute atomic E-state index is 12.4. The van der Waals surface area contributed by atoms with E-state index in [1.807, 2.05) is 18.7 Å². The minimum Gasteiger partial charge on any atom is -0.372 e. The summed E-state index contributed by atoms with van der Waals surface area (Å²) in [5.74, 6) is 0.506. The molecule has 2 amide bonds. The van der Waals surface area contributed by atoms with E-state index in [1.165, 1.54) is 0 Å². The van der Waals surface area contributed by atoms with Gasteiger partial charge < -0.3 is 14.5 Å². The molecule has 2 aliphatic rings. The van der Waals surface area contributed by atoms with Crippen molar-refractivity contribution in [3.05, 3.63) is 0 Å². The molecular formula is C16H29N3O3. The molecule has 0 radical (unpaired) electrons. The Hall–Kier alpha value is -1.14. The predicted octanol–water partition coefficient (Wildman–Crippen LogP) is 0.422. The Balaban J connectivity index is 1.78. The van der Waals surface area contributed by atoms with Crippen molar-refractivity contribution < 1.29 is 14.3 Å². The van der Waals surface area contributed by atoms with E-state index in [0.29, 0.717) is 19.6 Å². The lowest BCUT2D eigenvalue weighted by Crippen LogP contribution is -2.52. The maximum atomic E-state index is 12.4. The summed E-state index contributed by atoms with van der Waals surface area (Å²) in [5, 5.41) is 0. The number of amides is 2. The molecule has 6 heteroatoms. The van der Waals surface area contributed by atoms with E-state index < -0.39 is 0 Å². The van der Waals surface area contributed by atoms with Crippen LogP contribution in [0, 0.1) is 5.92 Å². The molecule has 2 atom stereocenters. The van der Waals surface area contributed by atoms with Crippen LogP contribution in [0.2, 0.25) is 0 Å². The highest BCUT2D eigenvalue weighted by atomic mass is 16.5. The molecule has 2 aliphatic heterocycles. The van der Waals surface area contributed by atoms with Crippen molar-refractivity contribution in [3.63, 3.8) is 0 Å². The fourth-order valence-electron chi connectivity index (χ4n) is 3.38. The monoisotopic (exact) mass is 311 g/mol. The normalized spacial score (nSPS) is 27.7. The van der Waals surface area contributed by atoms with Gasteiger partial charge in [0.05, 0.1) is 18.8 Å². The smallest absolute Gasteiger partial charge is 0.236 e. The molecule has 2 rings (SSSR count). The van der Waals surface area contributed by atoms with Crippen LogP contribution >= 0.6 is 0 Å². The fourth-order valence-corrected chi connectivity index (χ4v) is 3.38. The van der Waals surface area contributed by atoms with Gasteiger partial charge in [-0.15, -0.1) is 0 Å². The van der Waals surface area contributed by atoms with Gasteiger partial charge in [0.1, 0.15) is 0 Å². The van der Waals surface area contributed by atoms with Crippen molar-refractivity contribution in [2.75, 3.05) is 46.8 Å². The highest BCUT2D eigenvalue weighted by Gasteiger charge is 2.30. The van der Waals surface area contributed by atoms with Crippen molar-refractivity contribution in [3.8, 4) is 0 Å². The number of hydrogen-bond donors (Lipinski definition) is 0. The Labute approximate surface area is 133 Å². The van der Waals surface area contributed by atoms with Gasteiger partial charge in [-0.3, -0.25) is 14.5 Å². The number of rotatable bonds is 3. The van der Waals surface area contributed by atoms with Crippen LogP contribution in [-0.2, 0) is 14.3 Å². The third kappa shape index (κ3) is 4.43. The second kappa shape index (κ2) is 7.42. The zero-order chi connectivity index (χ0) is 16.3. The van der Waals surface area contributed by atoms with Crippen molar-refractivity contribution in [2.45, 2.75) is 38.9 Å². The molecule has 0 N–H and O–H groups in total. The van der Waals surface area contributed by atoms with Gasteiger partial charge in [0.25, 0.3) is 0 Å². The van der Waals surface area contributed by atoms with Crippen LogP contribution < -0.4 is 0 Å². The number of piperidine rings is 1. The molecule has 2 fully saturated rings. The molecule has 2 saturated heterocycles. The summed E-state index contributed by atoms with van der Waals surface area (Å²) in [7, 11) is 3.61. The molecular weight excluding hydrogens is 282 g/mol. The molecule has 0 aromatic rings. The molecule has 0 saturated carbocycles. The van der Waals surface area contributed by atoms with E-state index in [2.05, 4.69) is 4.90 Å². The number of morpholine rings is 1. The summed E-state index contributed by atoms with van der Waals surface area (Å²) in [6.07, 6.45) is 1.91. The summed E-state index contributed by atoms with van der Waals surface area (Å²) in [5.41, 5.74) is 0. The zero-order valence-electron chi connectivity index (χ0n) is 14.2. The molecule has 0 aromatic carbocycles. The Bertz CT molecular complexity index is 395. The van der Waals surface area contributed by atoms with Crippen LogP contribution in [-0.4, -0.2) is 85.5 Å². The quantitative estimate of drug-likeness (QED) is 0.758. The summed E-state index contributed by atoms with van der Waals surface area (Å²) < 4.78 is 5.67. The van der Waals surface area contributed by atoms with Crippen molar-refractivity contribution >= 4 is 11.8 Å². The highest BCUT2D eigenvalue weighted by Crippen LogP contribution is 2.19. The number of carbonyl (C=O) groups excluding carboxylic acids is 2. The first kappa shape index (κ1) is 17.2. The van der Waals surface area contributed by atoms with Gasteiger partial charge in [0, 0.05) is 33.1 Å². The Morgan fingerprint density at radius 3 is 2.14 bits per heavy atom. The van der Waals surface area contributed by atoms with Crippen LogP contribution in [0.1, 0.15) is 26.7 Å². The van der Waals surface area contributed by atoms with Crippen molar-refractivity contribution in [2.24, 2.45) is 5.92 Å². The minimum absolute atomic E-state index is 0.108. The topological polar surface area (TPSA) is 53.1 Å². The number of hydrogen-bond acceptors (Lipinski definition) is 4. The molecule has 2 unspecified atom stereocenters. The summed E-state index contributed by atoms with van der Waals surface area (Å²) in [6.45, 7) is 7.49. The Kier molecular flexibility index (Phi) is 5.81. The number of nitrogens with zero attached hydrogens (tertiary/aromatic N) is 3. The highest BCUT2D eigenvalue weighted by molar-refractivity contribution is 5.79. The van der Waals surface area contributed by atoms with Gasteiger partial charge in [-0.2, -0.15) is 0 Å². The summed E-state index contributed by atoms with van der Waals surface area (Å²) in [6, 6.07) is 0. The summed E-state index contributed by atoms with van der Waals surface area (Å²) in [4.78, 5) is 30.2. The van der Waals surface area contributed by atoms with Crippen molar-refractivity contribution in [1.82, 2.24) is 14.7 Å². The number of ether oxygens (including phenoxy) is 1. The minimum atomic E-state index is 0.108. The van der Waals surface area contributed by atoms with E-state index in [-0.39, 0.29) is 29.9 Å². The number of carbonyl (C=O) groups is 2. The molecule has 126 valence electrons. The van der Waals surface area contributed by atoms with E-state index >= 15 is 0 Å². The molecule has 0 aromatic heterocycles.